The lowest BCUT2D eigenvalue weighted by atomic mass is 10.1. The number of rotatable bonds is 4. The van der Waals surface area contributed by atoms with Gasteiger partial charge in [0.2, 0.25) is 0 Å². The lowest BCUT2D eigenvalue weighted by Crippen LogP contribution is -2.14. The number of aryl methyl sites for hydroxylation is 3. The molecule has 1 heterocycles. The van der Waals surface area contributed by atoms with Crippen molar-refractivity contribution in [2.45, 2.75) is 34.6 Å². The summed E-state index contributed by atoms with van der Waals surface area (Å²) in [5, 5.41) is 2.87. The van der Waals surface area contributed by atoms with Gasteiger partial charge in [-0.2, -0.15) is 0 Å². The highest BCUT2D eigenvalue weighted by Gasteiger charge is 2.22. The van der Waals surface area contributed by atoms with Gasteiger partial charge in [0.05, 0.1) is 12.2 Å². The van der Waals surface area contributed by atoms with E-state index in [1.807, 2.05) is 32.0 Å². The molecule has 2 aromatic rings. The van der Waals surface area contributed by atoms with Crippen molar-refractivity contribution >= 4 is 17.6 Å². The Balaban J connectivity index is 2.30. The van der Waals surface area contributed by atoms with Gasteiger partial charge in [0, 0.05) is 11.4 Å². The number of aromatic nitrogens is 1. The molecule has 23 heavy (non-hydrogen) atoms. The van der Waals surface area contributed by atoms with Crippen LogP contribution in [0.4, 0.5) is 5.69 Å². The first-order valence-corrected chi connectivity index (χ1v) is 7.59. The molecule has 0 aliphatic heterocycles. The molecular weight excluding hydrogens is 292 g/mol. The maximum atomic E-state index is 12.5. The summed E-state index contributed by atoms with van der Waals surface area (Å²) in [6.45, 7) is 9.51. The Kier molecular flexibility index (Phi) is 4.89. The van der Waals surface area contributed by atoms with Crippen LogP contribution in [0.15, 0.2) is 18.2 Å². The fourth-order valence-electron chi connectivity index (χ4n) is 2.73. The van der Waals surface area contributed by atoms with Gasteiger partial charge in [-0.05, 0) is 63.4 Å². The Labute approximate surface area is 136 Å². The van der Waals surface area contributed by atoms with Gasteiger partial charge in [0.1, 0.15) is 5.69 Å². The van der Waals surface area contributed by atoms with Gasteiger partial charge in [-0.3, -0.25) is 4.79 Å². The van der Waals surface area contributed by atoms with E-state index in [4.69, 9.17) is 4.74 Å². The highest BCUT2D eigenvalue weighted by Crippen LogP contribution is 2.21. The van der Waals surface area contributed by atoms with Gasteiger partial charge in [-0.25, -0.2) is 4.79 Å². The van der Waals surface area contributed by atoms with Gasteiger partial charge in [-0.15, -0.1) is 0 Å². The molecular formula is C18H22N2O3. The van der Waals surface area contributed by atoms with Crippen LogP contribution in [0.5, 0.6) is 0 Å². The van der Waals surface area contributed by atoms with Crippen molar-refractivity contribution in [1.29, 1.82) is 0 Å². The first kappa shape index (κ1) is 16.8. The summed E-state index contributed by atoms with van der Waals surface area (Å²) < 4.78 is 5.04. The molecule has 1 aromatic heterocycles. The highest BCUT2D eigenvalue weighted by molar-refractivity contribution is 6.06. The maximum Gasteiger partial charge on any atom is 0.340 e. The highest BCUT2D eigenvalue weighted by atomic mass is 16.5. The molecule has 5 nitrogen and oxygen atoms in total. The second kappa shape index (κ2) is 6.69. The van der Waals surface area contributed by atoms with Crippen molar-refractivity contribution in [2.75, 3.05) is 11.9 Å². The molecule has 2 rings (SSSR count). The second-order valence-corrected chi connectivity index (χ2v) is 5.68. The molecule has 0 unspecified atom stereocenters. The van der Waals surface area contributed by atoms with Gasteiger partial charge in [0.15, 0.2) is 0 Å². The Morgan fingerprint density at radius 3 is 2.26 bits per heavy atom. The summed E-state index contributed by atoms with van der Waals surface area (Å²) in [5.74, 6) is -0.685. The van der Waals surface area contributed by atoms with Crippen LogP contribution in [0, 0.1) is 27.7 Å². The van der Waals surface area contributed by atoms with E-state index < -0.39 is 5.97 Å². The number of H-pyrrole nitrogens is 1. The second-order valence-electron chi connectivity index (χ2n) is 5.68. The third-order valence-corrected chi connectivity index (χ3v) is 3.62. The molecule has 1 amide bonds. The standard InChI is InChI=1S/C18H22N2O3/c1-6-23-18(22)15-12(4)16(19-13(15)5)17(21)20-14-8-10(2)7-11(3)9-14/h7-9,19H,6H2,1-5H3,(H,20,21). The van der Waals surface area contributed by atoms with E-state index in [9.17, 15) is 9.59 Å². The zero-order valence-corrected chi connectivity index (χ0v) is 14.2. The van der Waals surface area contributed by atoms with Crippen LogP contribution in [0.1, 0.15) is 50.2 Å². The molecule has 0 aliphatic rings. The average molecular weight is 314 g/mol. The quantitative estimate of drug-likeness (QED) is 0.846. The van der Waals surface area contributed by atoms with E-state index >= 15 is 0 Å². The lowest BCUT2D eigenvalue weighted by Gasteiger charge is -2.07. The normalized spacial score (nSPS) is 10.5. The number of carbonyl (C=O) groups excluding carboxylic acids is 2. The monoisotopic (exact) mass is 314 g/mol. The molecule has 0 aliphatic carbocycles. The molecule has 0 bridgehead atoms. The number of nitrogens with one attached hydrogen (secondary N) is 2. The van der Waals surface area contributed by atoms with E-state index in [0.717, 1.165) is 16.8 Å². The number of ether oxygens (including phenoxy) is 1. The van der Waals surface area contributed by atoms with Crippen molar-refractivity contribution in [3.05, 3.63) is 51.8 Å². The number of hydrogen-bond acceptors (Lipinski definition) is 3. The number of amides is 1. The van der Waals surface area contributed by atoms with E-state index in [0.29, 0.717) is 29.1 Å². The Morgan fingerprint density at radius 2 is 1.70 bits per heavy atom. The number of esters is 1. The van der Waals surface area contributed by atoms with Crippen LogP contribution in [0.2, 0.25) is 0 Å². The molecule has 0 atom stereocenters. The molecule has 1 aromatic carbocycles. The zero-order chi connectivity index (χ0) is 17.1. The van der Waals surface area contributed by atoms with Gasteiger partial charge in [-0.1, -0.05) is 6.07 Å². The van der Waals surface area contributed by atoms with Crippen molar-refractivity contribution in [3.63, 3.8) is 0 Å². The van der Waals surface area contributed by atoms with Crippen LogP contribution in [-0.4, -0.2) is 23.5 Å². The van der Waals surface area contributed by atoms with Crippen molar-refractivity contribution < 1.29 is 14.3 Å². The predicted octanol–water partition coefficient (Wildman–Crippen LogP) is 3.68. The molecule has 5 heteroatoms. The predicted molar refractivity (Wildman–Crippen MR) is 90.1 cm³/mol. The minimum Gasteiger partial charge on any atom is -0.462 e. The fourth-order valence-corrected chi connectivity index (χ4v) is 2.73. The third kappa shape index (κ3) is 3.62. The van der Waals surface area contributed by atoms with E-state index in [2.05, 4.69) is 10.3 Å². The first-order chi connectivity index (χ1) is 10.8. The summed E-state index contributed by atoms with van der Waals surface area (Å²) in [5.41, 5.74) is 4.92. The molecule has 0 saturated heterocycles. The van der Waals surface area contributed by atoms with Crippen molar-refractivity contribution in [1.82, 2.24) is 4.98 Å². The molecule has 0 spiro atoms. The van der Waals surface area contributed by atoms with Crippen LogP contribution in [0.3, 0.4) is 0 Å². The number of aromatic amines is 1. The van der Waals surface area contributed by atoms with E-state index in [1.54, 1.807) is 20.8 Å². The summed E-state index contributed by atoms with van der Waals surface area (Å²) in [4.78, 5) is 27.5. The smallest absolute Gasteiger partial charge is 0.340 e. The van der Waals surface area contributed by atoms with Crippen molar-refractivity contribution in [3.8, 4) is 0 Å². The summed E-state index contributed by atoms with van der Waals surface area (Å²) in [6.07, 6.45) is 0. The maximum absolute atomic E-state index is 12.5. The Hall–Kier alpha value is -2.56. The number of anilines is 1. The van der Waals surface area contributed by atoms with E-state index in [1.165, 1.54) is 0 Å². The Morgan fingerprint density at radius 1 is 1.09 bits per heavy atom. The fraction of sp³-hybridized carbons (Fsp3) is 0.333. The van der Waals surface area contributed by atoms with Crippen molar-refractivity contribution in [2.24, 2.45) is 0 Å². The lowest BCUT2D eigenvalue weighted by molar-refractivity contribution is 0.0525. The van der Waals surface area contributed by atoms with Crippen LogP contribution in [-0.2, 0) is 4.74 Å². The topological polar surface area (TPSA) is 71.2 Å². The van der Waals surface area contributed by atoms with Crippen LogP contribution < -0.4 is 5.32 Å². The first-order valence-electron chi connectivity index (χ1n) is 7.59. The summed E-state index contributed by atoms with van der Waals surface area (Å²) in [6, 6.07) is 5.85. The molecule has 0 fully saturated rings. The molecule has 0 saturated carbocycles. The molecule has 122 valence electrons. The van der Waals surface area contributed by atoms with Crippen LogP contribution >= 0.6 is 0 Å². The van der Waals surface area contributed by atoms with Crippen LogP contribution in [0.25, 0.3) is 0 Å². The summed E-state index contributed by atoms with van der Waals surface area (Å²) >= 11 is 0. The van der Waals surface area contributed by atoms with E-state index in [-0.39, 0.29) is 5.91 Å². The summed E-state index contributed by atoms with van der Waals surface area (Å²) in [7, 11) is 0. The van der Waals surface area contributed by atoms with Gasteiger partial charge in [0.25, 0.3) is 5.91 Å². The number of benzene rings is 1. The minimum atomic E-state index is -0.413. The largest absolute Gasteiger partial charge is 0.462 e. The third-order valence-electron chi connectivity index (χ3n) is 3.62. The zero-order valence-electron chi connectivity index (χ0n) is 14.2. The molecule has 0 radical (unpaired) electrons. The average Bonchev–Trinajstić information content (AvgIpc) is 2.73. The number of carbonyl (C=O) groups is 2. The minimum absolute atomic E-state index is 0.272. The van der Waals surface area contributed by atoms with Gasteiger partial charge >= 0.3 is 5.97 Å². The number of hydrogen-bond donors (Lipinski definition) is 2. The molecule has 2 N–H and O–H groups in total. The SMILES string of the molecule is CCOC(=O)c1c(C)[nH]c(C(=O)Nc2cc(C)cc(C)c2)c1C. The van der Waals surface area contributed by atoms with Gasteiger partial charge < -0.3 is 15.0 Å². The Bertz CT molecular complexity index is 740.